The molecule has 5 rings (SSSR count). The first-order valence-corrected chi connectivity index (χ1v) is 17.0. The zero-order chi connectivity index (χ0) is 30.9. The second-order valence-corrected chi connectivity index (χ2v) is 14.4. The number of amides is 1. The van der Waals surface area contributed by atoms with E-state index in [9.17, 15) is 30.4 Å². The molecule has 0 radical (unpaired) electrons. The molecule has 1 aliphatic rings. The average molecular weight is 632 g/mol. The van der Waals surface area contributed by atoms with Gasteiger partial charge in [0.15, 0.2) is 0 Å². The number of carbonyl (C=O) groups excluding carboxylic acids is 1. The van der Waals surface area contributed by atoms with Gasteiger partial charge in [-0.1, -0.05) is 18.2 Å². The van der Waals surface area contributed by atoms with E-state index >= 15 is 0 Å². The molecule has 13 heteroatoms. The van der Waals surface area contributed by atoms with Gasteiger partial charge in [0, 0.05) is 42.7 Å². The molecule has 43 heavy (non-hydrogen) atoms. The van der Waals surface area contributed by atoms with Crippen LogP contribution >= 0.6 is 0 Å². The van der Waals surface area contributed by atoms with Crippen molar-refractivity contribution in [3.63, 3.8) is 0 Å². The summed E-state index contributed by atoms with van der Waals surface area (Å²) in [6.07, 6.45) is 1.02. The highest BCUT2D eigenvalue weighted by atomic mass is 32.2. The topological polar surface area (TPSA) is 126 Å². The Bertz CT molecular complexity index is 1890. The lowest BCUT2D eigenvalue weighted by Gasteiger charge is -2.33. The zero-order valence-corrected chi connectivity index (χ0v) is 25.2. The number of piperidine rings is 1. The van der Waals surface area contributed by atoms with E-state index in [1.165, 1.54) is 66.8 Å². The number of nitrogens with one attached hydrogen (secondary N) is 2. The number of furan rings is 1. The van der Waals surface area contributed by atoms with Crippen LogP contribution in [-0.2, 0) is 25.8 Å². The average Bonchev–Trinajstić information content (AvgIpc) is 3.36. The van der Waals surface area contributed by atoms with Gasteiger partial charge in [0.2, 0.25) is 20.0 Å². The number of anilines is 1. The Morgan fingerprint density at radius 1 is 1.05 bits per heavy atom. The molecule has 1 amide bonds. The van der Waals surface area contributed by atoms with Crippen molar-refractivity contribution in [2.45, 2.75) is 31.4 Å². The molecule has 1 saturated heterocycles. The summed E-state index contributed by atoms with van der Waals surface area (Å²) in [6, 6.07) is 14.3. The van der Waals surface area contributed by atoms with E-state index in [4.69, 9.17) is 4.42 Å². The summed E-state index contributed by atoms with van der Waals surface area (Å²) in [5.41, 5.74) is 1.59. The Balaban J connectivity index is 1.61. The van der Waals surface area contributed by atoms with Gasteiger partial charge in [-0.05, 0) is 67.6 Å². The third kappa shape index (κ3) is 6.43. The molecular weight excluding hydrogens is 600 g/mol. The van der Waals surface area contributed by atoms with Crippen LogP contribution in [-0.4, -0.2) is 52.9 Å². The second kappa shape index (κ2) is 12.1. The van der Waals surface area contributed by atoms with Gasteiger partial charge in [0.25, 0.3) is 5.91 Å². The van der Waals surface area contributed by atoms with Gasteiger partial charge in [-0.2, -0.15) is 0 Å². The number of carbonyl (C=O) groups is 1. The van der Waals surface area contributed by atoms with Crippen LogP contribution in [0.1, 0.15) is 47.2 Å². The summed E-state index contributed by atoms with van der Waals surface area (Å²) in [4.78, 5) is 13.1. The van der Waals surface area contributed by atoms with Gasteiger partial charge >= 0.3 is 0 Å². The molecule has 0 unspecified atom stereocenters. The lowest BCUT2D eigenvalue weighted by atomic mass is 9.89. The molecule has 2 heterocycles. The first kappa shape index (κ1) is 30.6. The molecule has 0 bridgehead atoms. The van der Waals surface area contributed by atoms with Gasteiger partial charge in [0.1, 0.15) is 23.0 Å². The number of sulfonamides is 2. The molecule has 1 atom stereocenters. The standard InChI is InChI=1S/C30H31F2N3O6S2/c1-3-42(37,38)34-26-16-27-24(28(30(36)33-2)29(41-27)19-10-12-22(31)13-11-19)15-23(26)20-8-6-14-35(17-20)43(39,40)18-21-7-4-5-9-25(21)32/h4-5,7,9-13,15-16,20,34H,3,6,8,14,17-18H2,1-2H3,(H,33,36)/t20-/m0/s1. The van der Waals surface area contributed by atoms with Crippen LogP contribution in [0.25, 0.3) is 22.3 Å². The van der Waals surface area contributed by atoms with E-state index in [1.54, 1.807) is 12.1 Å². The normalized spacial score (nSPS) is 16.3. The molecule has 0 spiro atoms. The Hall–Kier alpha value is -3.81. The van der Waals surface area contributed by atoms with Gasteiger partial charge < -0.3 is 9.73 Å². The van der Waals surface area contributed by atoms with Gasteiger partial charge in [-0.15, -0.1) is 0 Å². The van der Waals surface area contributed by atoms with Crippen molar-refractivity contribution >= 4 is 42.6 Å². The van der Waals surface area contributed by atoms with Crippen molar-refractivity contribution in [1.29, 1.82) is 0 Å². The van der Waals surface area contributed by atoms with Gasteiger partial charge in [0.05, 0.1) is 22.8 Å². The van der Waals surface area contributed by atoms with Crippen LogP contribution in [0.15, 0.2) is 65.1 Å². The van der Waals surface area contributed by atoms with Crippen LogP contribution in [0.5, 0.6) is 0 Å². The summed E-state index contributed by atoms with van der Waals surface area (Å²) in [5, 5.41) is 2.98. The molecule has 1 aromatic heterocycles. The first-order valence-electron chi connectivity index (χ1n) is 13.7. The third-order valence-corrected chi connectivity index (χ3v) is 10.7. The highest BCUT2D eigenvalue weighted by Crippen LogP contribution is 2.41. The molecular formula is C30H31F2N3O6S2. The number of hydrogen-bond donors (Lipinski definition) is 2. The lowest BCUT2D eigenvalue weighted by molar-refractivity contribution is 0.0964. The Labute approximate surface area is 249 Å². The summed E-state index contributed by atoms with van der Waals surface area (Å²) in [7, 11) is -6.21. The predicted octanol–water partition coefficient (Wildman–Crippen LogP) is 5.21. The molecule has 4 aromatic rings. The van der Waals surface area contributed by atoms with Crippen LogP contribution in [0, 0.1) is 11.6 Å². The minimum absolute atomic E-state index is 0.0289. The van der Waals surface area contributed by atoms with Crippen molar-refractivity contribution in [3.8, 4) is 11.3 Å². The largest absolute Gasteiger partial charge is 0.455 e. The predicted molar refractivity (Wildman–Crippen MR) is 161 cm³/mol. The minimum atomic E-state index is -3.91. The molecule has 0 saturated carbocycles. The zero-order valence-electron chi connectivity index (χ0n) is 23.6. The van der Waals surface area contributed by atoms with E-state index in [0.717, 1.165) is 0 Å². The van der Waals surface area contributed by atoms with E-state index in [-0.39, 0.29) is 47.0 Å². The van der Waals surface area contributed by atoms with Crippen LogP contribution in [0.2, 0.25) is 0 Å². The maximum Gasteiger partial charge on any atom is 0.255 e. The first-order chi connectivity index (χ1) is 20.4. The van der Waals surface area contributed by atoms with E-state index in [2.05, 4.69) is 10.0 Å². The van der Waals surface area contributed by atoms with Gasteiger partial charge in [-0.25, -0.2) is 29.9 Å². The van der Waals surface area contributed by atoms with Crippen LogP contribution in [0.4, 0.5) is 14.5 Å². The molecule has 1 fully saturated rings. The summed E-state index contributed by atoms with van der Waals surface area (Å²) in [6.45, 7) is 1.75. The fraction of sp³-hybridized carbons (Fsp3) is 0.300. The number of halogens is 2. The van der Waals surface area contributed by atoms with E-state index in [1.807, 2.05) is 0 Å². The summed E-state index contributed by atoms with van der Waals surface area (Å²) >= 11 is 0. The number of hydrogen-bond acceptors (Lipinski definition) is 6. The quantitative estimate of drug-likeness (QED) is 0.261. The highest BCUT2D eigenvalue weighted by molar-refractivity contribution is 7.92. The van der Waals surface area contributed by atoms with Crippen LogP contribution < -0.4 is 10.0 Å². The number of fused-ring (bicyclic) bond motifs is 1. The second-order valence-electron chi connectivity index (χ2n) is 10.4. The van der Waals surface area contributed by atoms with Crippen molar-refractivity contribution in [3.05, 3.63) is 89.0 Å². The van der Waals surface area contributed by atoms with Crippen molar-refractivity contribution in [2.75, 3.05) is 30.6 Å². The van der Waals surface area contributed by atoms with Gasteiger partial charge in [-0.3, -0.25) is 9.52 Å². The number of nitrogens with zero attached hydrogens (tertiary/aromatic N) is 1. The Morgan fingerprint density at radius 2 is 1.77 bits per heavy atom. The monoisotopic (exact) mass is 631 g/mol. The third-order valence-electron chi connectivity index (χ3n) is 7.58. The van der Waals surface area contributed by atoms with Crippen LogP contribution in [0.3, 0.4) is 0 Å². The van der Waals surface area contributed by atoms with Crippen molar-refractivity contribution in [1.82, 2.24) is 9.62 Å². The molecule has 0 aliphatic carbocycles. The SMILES string of the molecule is CCS(=O)(=O)Nc1cc2oc(-c3ccc(F)cc3)c(C(=O)NC)c2cc1[C@H]1CCCN(S(=O)(=O)Cc2ccccc2F)C1. The smallest absolute Gasteiger partial charge is 0.255 e. The Morgan fingerprint density at radius 3 is 2.44 bits per heavy atom. The summed E-state index contributed by atoms with van der Waals surface area (Å²) < 4.78 is 90.0. The molecule has 2 N–H and O–H groups in total. The summed E-state index contributed by atoms with van der Waals surface area (Å²) in [5.74, 6) is -2.54. The fourth-order valence-corrected chi connectivity index (χ4v) is 7.61. The fourth-order valence-electron chi connectivity index (χ4n) is 5.33. The van der Waals surface area contributed by atoms with E-state index < -0.39 is 49.3 Å². The molecule has 3 aromatic carbocycles. The van der Waals surface area contributed by atoms with Crippen molar-refractivity contribution < 1.29 is 34.8 Å². The van der Waals surface area contributed by atoms with E-state index in [0.29, 0.717) is 29.4 Å². The van der Waals surface area contributed by atoms with Crippen molar-refractivity contribution in [2.24, 2.45) is 0 Å². The number of benzene rings is 3. The number of rotatable bonds is 9. The highest BCUT2D eigenvalue weighted by Gasteiger charge is 2.33. The molecule has 1 aliphatic heterocycles. The molecule has 228 valence electrons. The Kier molecular flexibility index (Phi) is 8.59. The maximum absolute atomic E-state index is 14.3. The lowest BCUT2D eigenvalue weighted by Crippen LogP contribution is -2.40. The maximum atomic E-state index is 14.3. The molecule has 9 nitrogen and oxygen atoms in total. The minimum Gasteiger partial charge on any atom is -0.455 e.